The summed E-state index contributed by atoms with van der Waals surface area (Å²) in [7, 11) is 1.87. The van der Waals surface area contributed by atoms with Crippen molar-refractivity contribution in [3.05, 3.63) is 29.3 Å². The van der Waals surface area contributed by atoms with Crippen LogP contribution >= 0.6 is 12.2 Å². The van der Waals surface area contributed by atoms with E-state index >= 15 is 0 Å². The lowest BCUT2D eigenvalue weighted by Crippen LogP contribution is -1.92. The van der Waals surface area contributed by atoms with Crippen LogP contribution in [0.3, 0.4) is 0 Å². The van der Waals surface area contributed by atoms with Gasteiger partial charge in [-0.3, -0.25) is 10.1 Å². The van der Waals surface area contributed by atoms with Gasteiger partial charge in [-0.25, -0.2) is 0 Å². The number of H-pyrrole nitrogens is 1. The van der Waals surface area contributed by atoms with Crippen LogP contribution in [0.25, 0.3) is 11.4 Å². The highest BCUT2D eigenvalue weighted by Gasteiger charge is 2.03. The maximum Gasteiger partial charge on any atom is 0.195 e. The van der Waals surface area contributed by atoms with Crippen molar-refractivity contribution < 1.29 is 0 Å². The van der Waals surface area contributed by atoms with E-state index in [9.17, 15) is 0 Å². The second kappa shape index (κ2) is 3.10. The first-order chi connectivity index (χ1) is 6.29. The summed E-state index contributed by atoms with van der Waals surface area (Å²) in [4.78, 5) is 4.01. The lowest BCUT2D eigenvalue weighted by atomic mass is 10.3. The summed E-state index contributed by atoms with van der Waals surface area (Å²) < 4.78 is 2.42. The monoisotopic (exact) mass is 194 g/mol. The molecule has 0 aliphatic heterocycles. The molecule has 4 nitrogen and oxygen atoms in total. The predicted octanol–water partition coefficient (Wildman–Crippen LogP) is 1.54. The Bertz CT molecular complexity index is 456. The largest absolute Gasteiger partial charge is 0.303 e. The summed E-state index contributed by atoms with van der Waals surface area (Å²) in [5.74, 6) is 0.804. The number of rotatable bonds is 1. The van der Waals surface area contributed by atoms with Crippen molar-refractivity contribution in [3.8, 4) is 11.4 Å². The lowest BCUT2D eigenvalue weighted by Gasteiger charge is -1.97. The number of aromatic amines is 1. The highest BCUT2D eigenvalue weighted by molar-refractivity contribution is 7.71. The summed E-state index contributed by atoms with van der Waals surface area (Å²) >= 11 is 5.00. The normalized spacial score (nSPS) is 10.2. The predicted molar refractivity (Wildman–Crippen MR) is 51.6 cm³/mol. The third-order valence-electron chi connectivity index (χ3n) is 1.80. The van der Waals surface area contributed by atoms with Gasteiger partial charge in [0.1, 0.15) is 0 Å². The highest BCUT2D eigenvalue weighted by Crippen LogP contribution is 2.13. The molecule has 0 fully saturated rings. The van der Waals surface area contributed by atoms with Gasteiger partial charge in [0.05, 0.1) is 0 Å². The fourth-order valence-electron chi connectivity index (χ4n) is 1.10. The zero-order valence-corrected chi connectivity index (χ0v) is 7.88. The number of pyridine rings is 1. The summed E-state index contributed by atoms with van der Waals surface area (Å²) in [5, 5.41) is 6.81. The minimum Gasteiger partial charge on any atom is -0.303 e. The Kier molecular flexibility index (Phi) is 1.94. The first-order valence-electron chi connectivity index (χ1n) is 3.81. The average Bonchev–Trinajstić information content (AvgIpc) is 2.49. The number of aromatic nitrogens is 4. The summed E-state index contributed by atoms with van der Waals surface area (Å²) in [5.41, 5.74) is 0.956. The Morgan fingerprint density at radius 2 is 2.46 bits per heavy atom. The maximum atomic E-state index is 5.00. The fraction of sp³-hybridized carbons (Fsp3) is 0.125. The molecule has 5 heteroatoms. The van der Waals surface area contributed by atoms with Gasteiger partial charge in [0.15, 0.2) is 10.6 Å². The van der Waals surface area contributed by atoms with E-state index in [1.807, 2.05) is 23.7 Å². The zero-order valence-electron chi connectivity index (χ0n) is 7.06. The second-order valence-corrected chi connectivity index (χ2v) is 3.04. The van der Waals surface area contributed by atoms with E-state index in [4.69, 9.17) is 12.2 Å². The molecule has 0 amide bonds. The molecule has 0 radical (unpaired) electrons. The summed E-state index contributed by atoms with van der Waals surface area (Å²) in [6, 6.07) is 3.81. The number of hydrogen-bond donors (Lipinski definition) is 1. The van der Waals surface area contributed by atoms with Crippen LogP contribution < -0.4 is 0 Å². The van der Waals surface area contributed by atoms with Crippen LogP contribution in [0.5, 0.6) is 0 Å². The molecule has 0 saturated carbocycles. The first-order valence-corrected chi connectivity index (χ1v) is 4.21. The van der Waals surface area contributed by atoms with Crippen LogP contribution in [-0.2, 0) is 7.05 Å². The third-order valence-corrected chi connectivity index (χ3v) is 2.16. The molecule has 0 aliphatic carbocycles. The molecule has 2 heterocycles. The van der Waals surface area contributed by atoms with Crippen molar-refractivity contribution in [2.24, 2.45) is 7.05 Å². The Morgan fingerprint density at radius 1 is 1.62 bits per heavy atom. The molecular weight excluding hydrogens is 186 g/mol. The van der Waals surface area contributed by atoms with Gasteiger partial charge in [0, 0.05) is 25.0 Å². The lowest BCUT2D eigenvalue weighted by molar-refractivity contribution is 0.901. The first kappa shape index (κ1) is 8.12. The average molecular weight is 194 g/mol. The third kappa shape index (κ3) is 1.38. The van der Waals surface area contributed by atoms with Crippen LogP contribution in [0.2, 0.25) is 0 Å². The van der Waals surface area contributed by atoms with Crippen LogP contribution in [0.15, 0.2) is 24.5 Å². The molecule has 0 bridgehead atoms. The van der Waals surface area contributed by atoms with Crippen molar-refractivity contribution in [1.29, 1.82) is 0 Å². The molecule has 2 aromatic rings. The number of nitrogens with one attached hydrogen (secondary N) is 1. The molecule has 66 valence electrons. The number of nitrogens with zero attached hydrogens (tertiary/aromatic N) is 3. The molecule has 0 atom stereocenters. The van der Waals surface area contributed by atoms with Crippen molar-refractivity contribution in [2.75, 3.05) is 0 Å². The SMILES string of the molecule is Cn1c(-c2cccnc2)n[nH][14c]1=S. The molecule has 2 rings (SSSR count). The summed E-state index contributed by atoms with van der Waals surface area (Å²) in [6.45, 7) is 0. The molecule has 0 unspecified atom stereocenters. The Hall–Kier alpha value is -1.49. The molecule has 13 heavy (non-hydrogen) atoms. The maximum absolute atomic E-state index is 5.00. The van der Waals surface area contributed by atoms with Crippen LogP contribution in [-0.4, -0.2) is 19.7 Å². The Balaban J connectivity index is 2.60. The zero-order chi connectivity index (χ0) is 9.26. The van der Waals surface area contributed by atoms with Crippen LogP contribution in [0.4, 0.5) is 0 Å². The molecule has 0 saturated heterocycles. The Morgan fingerprint density at radius 3 is 3.00 bits per heavy atom. The van der Waals surface area contributed by atoms with E-state index in [2.05, 4.69) is 15.2 Å². The quantitative estimate of drug-likeness (QED) is 0.700. The van der Waals surface area contributed by atoms with Gasteiger partial charge in [0.2, 0.25) is 0 Å². The molecule has 0 aromatic carbocycles. The van der Waals surface area contributed by atoms with Gasteiger partial charge in [-0.05, 0) is 24.4 Å². The van der Waals surface area contributed by atoms with E-state index in [0.717, 1.165) is 11.4 Å². The fourth-order valence-corrected chi connectivity index (χ4v) is 1.23. The molecular formula is C8H8N4S. The van der Waals surface area contributed by atoms with Gasteiger partial charge in [-0.2, -0.15) is 5.10 Å². The second-order valence-electron chi connectivity index (χ2n) is 2.65. The number of hydrogen-bond acceptors (Lipinski definition) is 3. The topological polar surface area (TPSA) is 46.5 Å². The van der Waals surface area contributed by atoms with Gasteiger partial charge in [-0.15, -0.1) is 0 Å². The molecule has 0 spiro atoms. The van der Waals surface area contributed by atoms with E-state index < -0.39 is 0 Å². The van der Waals surface area contributed by atoms with E-state index in [1.165, 1.54) is 0 Å². The highest BCUT2D eigenvalue weighted by atomic mass is 32.1. The van der Waals surface area contributed by atoms with Gasteiger partial charge in [-0.1, -0.05) is 0 Å². The van der Waals surface area contributed by atoms with Crippen molar-refractivity contribution in [1.82, 2.24) is 19.7 Å². The van der Waals surface area contributed by atoms with Crippen LogP contribution in [0, 0.1) is 4.77 Å². The smallest absolute Gasteiger partial charge is 0.195 e. The van der Waals surface area contributed by atoms with Gasteiger partial charge >= 0.3 is 0 Å². The van der Waals surface area contributed by atoms with Gasteiger partial charge < -0.3 is 4.57 Å². The minimum absolute atomic E-state index is 0.610. The van der Waals surface area contributed by atoms with Crippen molar-refractivity contribution >= 4 is 12.2 Å². The van der Waals surface area contributed by atoms with E-state index in [0.29, 0.717) is 4.77 Å². The minimum atomic E-state index is 0.610. The van der Waals surface area contributed by atoms with Crippen molar-refractivity contribution in [2.45, 2.75) is 0 Å². The van der Waals surface area contributed by atoms with E-state index in [-0.39, 0.29) is 0 Å². The molecule has 1 N–H and O–H groups in total. The molecule has 0 aliphatic rings. The summed E-state index contributed by atoms with van der Waals surface area (Å²) in [6.07, 6.45) is 3.48. The van der Waals surface area contributed by atoms with Crippen molar-refractivity contribution in [3.63, 3.8) is 0 Å². The van der Waals surface area contributed by atoms with Gasteiger partial charge in [0.25, 0.3) is 0 Å². The van der Waals surface area contributed by atoms with E-state index in [1.54, 1.807) is 12.4 Å². The Labute approximate surface area is 80.3 Å². The standard InChI is InChI=1S/C8H8N4S/c1-12-7(10-11-8(12)13)6-3-2-4-9-5-6/h2-5H,1H3,(H,11,13)/i8+2. The van der Waals surface area contributed by atoms with Crippen LogP contribution in [0.1, 0.15) is 0 Å². The molecule has 2 aromatic heterocycles.